The Morgan fingerprint density at radius 1 is 1.50 bits per heavy atom. The first kappa shape index (κ1) is 14.5. The van der Waals surface area contributed by atoms with Gasteiger partial charge in [-0.3, -0.25) is 4.79 Å². The molecule has 2 amide bonds. The van der Waals surface area contributed by atoms with E-state index in [1.54, 1.807) is 4.90 Å². The number of carboxylic acid groups (broad SMARTS) is 1. The molecule has 0 aromatic heterocycles. The number of aliphatic carboxylic acids is 1. The number of nitrogens with zero attached hydrogens (tertiary/aromatic N) is 2. The van der Waals surface area contributed by atoms with Crippen molar-refractivity contribution in [3.8, 4) is 0 Å². The van der Waals surface area contributed by atoms with E-state index >= 15 is 0 Å². The minimum absolute atomic E-state index is 0.0597. The van der Waals surface area contributed by atoms with Crippen LogP contribution in [0.5, 0.6) is 0 Å². The Morgan fingerprint density at radius 3 is 2.78 bits per heavy atom. The molecular weight excluding hydrogens is 236 g/mol. The Hall–Kier alpha value is -1.56. The fourth-order valence-electron chi connectivity index (χ4n) is 2.12. The molecule has 0 spiro atoms. The van der Waals surface area contributed by atoms with Crippen LogP contribution in [0.2, 0.25) is 0 Å². The molecule has 1 atom stereocenters. The zero-order valence-electron chi connectivity index (χ0n) is 10.4. The van der Waals surface area contributed by atoms with Gasteiger partial charge in [0.05, 0.1) is 0 Å². The lowest BCUT2D eigenvalue weighted by atomic mass is 9.99. The quantitative estimate of drug-likeness (QED) is 0.697. The normalized spacial score (nSPS) is 19.4. The van der Waals surface area contributed by atoms with Crippen LogP contribution in [0.4, 0.5) is 4.79 Å². The molecule has 6 heteroatoms. The Labute approximate surface area is 106 Å². The molecule has 1 heterocycles. The average molecular weight is 256 g/mol. The molecule has 18 heavy (non-hydrogen) atoms. The number of likely N-dealkylation sites (tertiary alicyclic amines) is 1. The number of hydrogen-bond acceptors (Lipinski definition) is 3. The van der Waals surface area contributed by atoms with Gasteiger partial charge in [0.2, 0.25) is 0 Å². The summed E-state index contributed by atoms with van der Waals surface area (Å²) in [7, 11) is 0. The highest BCUT2D eigenvalue weighted by atomic mass is 16.4. The number of carboxylic acids is 1. The molecule has 0 saturated carbocycles. The molecule has 6 nitrogen and oxygen atoms in total. The summed E-state index contributed by atoms with van der Waals surface area (Å²) in [4.78, 5) is 25.7. The van der Waals surface area contributed by atoms with Crippen LogP contribution in [0.15, 0.2) is 12.7 Å². The lowest BCUT2D eigenvalue weighted by Crippen LogP contribution is -2.49. The monoisotopic (exact) mass is 256 g/mol. The number of aliphatic hydroxyl groups is 1. The van der Waals surface area contributed by atoms with Crippen molar-refractivity contribution in [3.05, 3.63) is 12.7 Å². The van der Waals surface area contributed by atoms with Gasteiger partial charge in [0.15, 0.2) is 0 Å². The summed E-state index contributed by atoms with van der Waals surface area (Å²) >= 11 is 0. The summed E-state index contributed by atoms with van der Waals surface area (Å²) in [5, 5.41) is 17.9. The van der Waals surface area contributed by atoms with Crippen molar-refractivity contribution in [2.75, 3.05) is 32.8 Å². The number of carbonyl (C=O) groups excluding carboxylic acids is 1. The molecule has 102 valence electrons. The van der Waals surface area contributed by atoms with Crippen molar-refractivity contribution < 1.29 is 19.8 Å². The number of amides is 2. The first-order chi connectivity index (χ1) is 8.58. The standard InChI is InChI=1S/C12H20N2O4/c1-2-5-13(8-11(16)17)12(18)14-6-3-4-10(7-14)9-15/h2,10,15H,1,3-9H2,(H,16,17). The molecule has 0 aliphatic carbocycles. The van der Waals surface area contributed by atoms with E-state index in [4.69, 9.17) is 10.2 Å². The van der Waals surface area contributed by atoms with Gasteiger partial charge in [-0.25, -0.2) is 4.79 Å². The van der Waals surface area contributed by atoms with Gasteiger partial charge in [-0.2, -0.15) is 0 Å². The van der Waals surface area contributed by atoms with E-state index in [1.165, 1.54) is 11.0 Å². The van der Waals surface area contributed by atoms with Gasteiger partial charge in [0.1, 0.15) is 6.54 Å². The van der Waals surface area contributed by atoms with E-state index in [9.17, 15) is 9.59 Å². The molecule has 1 unspecified atom stereocenters. The topological polar surface area (TPSA) is 81.1 Å². The van der Waals surface area contributed by atoms with Gasteiger partial charge in [-0.05, 0) is 18.8 Å². The first-order valence-corrected chi connectivity index (χ1v) is 6.06. The van der Waals surface area contributed by atoms with E-state index in [2.05, 4.69) is 6.58 Å². The molecule has 1 rings (SSSR count). The van der Waals surface area contributed by atoms with Crippen LogP contribution < -0.4 is 0 Å². The number of hydrogen-bond donors (Lipinski definition) is 2. The Bertz CT molecular complexity index is 319. The minimum atomic E-state index is -1.04. The predicted molar refractivity (Wildman–Crippen MR) is 66.2 cm³/mol. The molecular formula is C12H20N2O4. The maximum Gasteiger partial charge on any atom is 0.323 e. The molecule has 0 bridgehead atoms. The van der Waals surface area contributed by atoms with Crippen LogP contribution in [-0.4, -0.2) is 64.8 Å². The zero-order valence-corrected chi connectivity index (χ0v) is 10.4. The van der Waals surface area contributed by atoms with Gasteiger partial charge in [0.25, 0.3) is 0 Å². The van der Waals surface area contributed by atoms with Crippen LogP contribution in [0.1, 0.15) is 12.8 Å². The molecule has 2 N–H and O–H groups in total. The summed E-state index contributed by atoms with van der Waals surface area (Å²) in [6, 6.07) is -0.296. The lowest BCUT2D eigenvalue weighted by Gasteiger charge is -2.35. The highest BCUT2D eigenvalue weighted by Gasteiger charge is 2.27. The molecule has 1 aliphatic rings. The van der Waals surface area contributed by atoms with Crippen LogP contribution >= 0.6 is 0 Å². The molecule has 0 aromatic rings. The summed E-state index contributed by atoms with van der Waals surface area (Å²) in [5.74, 6) is -0.945. The first-order valence-electron chi connectivity index (χ1n) is 6.06. The summed E-state index contributed by atoms with van der Waals surface area (Å²) in [5.41, 5.74) is 0. The van der Waals surface area contributed by atoms with Crippen molar-refractivity contribution in [1.29, 1.82) is 0 Å². The van der Waals surface area contributed by atoms with Gasteiger partial charge >= 0.3 is 12.0 Å². The van der Waals surface area contributed by atoms with Gasteiger partial charge in [-0.1, -0.05) is 6.08 Å². The van der Waals surface area contributed by atoms with E-state index in [0.29, 0.717) is 13.1 Å². The lowest BCUT2D eigenvalue weighted by molar-refractivity contribution is -0.137. The number of carbonyl (C=O) groups is 2. The van der Waals surface area contributed by atoms with E-state index in [0.717, 1.165) is 12.8 Å². The minimum Gasteiger partial charge on any atom is -0.480 e. The summed E-state index contributed by atoms with van der Waals surface area (Å²) < 4.78 is 0. The third-order valence-electron chi connectivity index (χ3n) is 2.99. The fraction of sp³-hybridized carbons (Fsp3) is 0.667. The third kappa shape index (κ3) is 4.03. The molecule has 1 fully saturated rings. The van der Waals surface area contributed by atoms with Crippen molar-refractivity contribution >= 4 is 12.0 Å². The maximum absolute atomic E-state index is 12.1. The molecule has 0 aromatic carbocycles. The van der Waals surface area contributed by atoms with E-state index < -0.39 is 5.97 Å². The predicted octanol–water partition coefficient (Wildman–Crippen LogP) is 0.383. The zero-order chi connectivity index (χ0) is 13.5. The number of urea groups is 1. The van der Waals surface area contributed by atoms with Crippen molar-refractivity contribution in [2.24, 2.45) is 5.92 Å². The van der Waals surface area contributed by atoms with Gasteiger partial charge in [0, 0.05) is 26.2 Å². The van der Waals surface area contributed by atoms with Crippen LogP contribution in [-0.2, 0) is 4.79 Å². The summed E-state index contributed by atoms with van der Waals surface area (Å²) in [6.07, 6.45) is 3.25. The van der Waals surface area contributed by atoms with Crippen LogP contribution in [0.3, 0.4) is 0 Å². The van der Waals surface area contributed by atoms with E-state index in [-0.39, 0.29) is 31.6 Å². The molecule has 0 radical (unpaired) electrons. The number of rotatable bonds is 5. The van der Waals surface area contributed by atoms with Crippen LogP contribution in [0.25, 0.3) is 0 Å². The highest BCUT2D eigenvalue weighted by molar-refractivity contribution is 5.80. The second-order valence-electron chi connectivity index (χ2n) is 4.48. The van der Waals surface area contributed by atoms with Crippen molar-refractivity contribution in [3.63, 3.8) is 0 Å². The smallest absolute Gasteiger partial charge is 0.323 e. The Morgan fingerprint density at radius 2 is 2.22 bits per heavy atom. The van der Waals surface area contributed by atoms with Gasteiger partial charge in [-0.15, -0.1) is 6.58 Å². The number of piperidine rings is 1. The number of aliphatic hydroxyl groups excluding tert-OH is 1. The largest absolute Gasteiger partial charge is 0.480 e. The SMILES string of the molecule is C=CCN(CC(=O)O)C(=O)N1CCCC(CO)C1. The molecule has 1 saturated heterocycles. The van der Waals surface area contributed by atoms with Crippen molar-refractivity contribution in [2.45, 2.75) is 12.8 Å². The Kier molecular flexibility index (Phi) is 5.64. The molecule has 1 aliphatic heterocycles. The van der Waals surface area contributed by atoms with Crippen molar-refractivity contribution in [1.82, 2.24) is 9.80 Å². The second kappa shape index (κ2) is 7.00. The summed E-state index contributed by atoms with van der Waals surface area (Å²) in [6.45, 7) is 4.57. The van der Waals surface area contributed by atoms with Crippen LogP contribution in [0, 0.1) is 5.92 Å². The fourth-order valence-corrected chi connectivity index (χ4v) is 2.12. The second-order valence-corrected chi connectivity index (χ2v) is 4.48. The third-order valence-corrected chi connectivity index (χ3v) is 2.99. The maximum atomic E-state index is 12.1. The van der Waals surface area contributed by atoms with Gasteiger partial charge < -0.3 is 20.0 Å². The van der Waals surface area contributed by atoms with E-state index in [1.807, 2.05) is 0 Å². The highest BCUT2D eigenvalue weighted by Crippen LogP contribution is 2.17. The average Bonchev–Trinajstić information content (AvgIpc) is 2.37. The Balaban J connectivity index is 2.63.